The van der Waals surface area contributed by atoms with Gasteiger partial charge in [-0.15, -0.1) is 11.3 Å². The van der Waals surface area contributed by atoms with E-state index in [-0.39, 0.29) is 22.9 Å². The van der Waals surface area contributed by atoms with Gasteiger partial charge in [-0.3, -0.25) is 4.79 Å². The van der Waals surface area contributed by atoms with Gasteiger partial charge in [0.15, 0.2) is 0 Å². The Kier molecular flexibility index (Phi) is 5.36. The summed E-state index contributed by atoms with van der Waals surface area (Å²) in [6.07, 6.45) is 13.1. The lowest BCUT2D eigenvalue weighted by molar-refractivity contribution is -0.148. The number of ether oxygens (including phenoxy) is 1. The third-order valence-corrected chi connectivity index (χ3v) is 10.7. The first-order valence-electron chi connectivity index (χ1n) is 13.0. The van der Waals surface area contributed by atoms with Crippen LogP contribution in [-0.2, 0) is 9.53 Å². The van der Waals surface area contributed by atoms with Crippen molar-refractivity contribution in [2.45, 2.75) is 71.8 Å². The number of carbonyl (C=O) groups excluding carboxylic acids is 1. The van der Waals surface area contributed by atoms with Gasteiger partial charge in [0, 0.05) is 24.3 Å². The molecule has 0 radical (unpaired) electrons. The SMILES string of the molecule is CC(=O)O[C@H]1CC[C@@]2(C)C(=CC[C@@H]3[C@@H]2CC[C@]2(C)C(c4nc(-c5ccccc5)cs4)=CC[C@@H]32)C1. The first-order valence-corrected chi connectivity index (χ1v) is 13.8. The van der Waals surface area contributed by atoms with E-state index in [1.165, 1.54) is 48.8 Å². The summed E-state index contributed by atoms with van der Waals surface area (Å²) in [4.78, 5) is 16.6. The van der Waals surface area contributed by atoms with Crippen LogP contribution in [0.25, 0.3) is 16.8 Å². The molecule has 4 aliphatic rings. The first kappa shape index (κ1) is 22.3. The highest BCUT2D eigenvalue weighted by molar-refractivity contribution is 7.11. The van der Waals surface area contributed by atoms with Gasteiger partial charge in [0.05, 0.1) is 5.69 Å². The van der Waals surface area contributed by atoms with Gasteiger partial charge < -0.3 is 4.74 Å². The van der Waals surface area contributed by atoms with E-state index >= 15 is 0 Å². The molecule has 2 aromatic rings. The van der Waals surface area contributed by atoms with Crippen molar-refractivity contribution in [3.8, 4) is 11.3 Å². The molecule has 1 heterocycles. The minimum absolute atomic E-state index is 0.0747. The number of benzene rings is 1. The van der Waals surface area contributed by atoms with E-state index < -0.39 is 0 Å². The number of aromatic nitrogens is 1. The van der Waals surface area contributed by atoms with Crippen LogP contribution in [0.3, 0.4) is 0 Å². The maximum Gasteiger partial charge on any atom is 0.302 e. The lowest BCUT2D eigenvalue weighted by atomic mass is 9.47. The zero-order valence-corrected chi connectivity index (χ0v) is 21.4. The third kappa shape index (κ3) is 3.44. The van der Waals surface area contributed by atoms with Gasteiger partial charge >= 0.3 is 5.97 Å². The summed E-state index contributed by atoms with van der Waals surface area (Å²) in [5.74, 6) is 2.04. The molecule has 4 aliphatic carbocycles. The number of allylic oxidation sites excluding steroid dienone is 3. The van der Waals surface area contributed by atoms with Crippen LogP contribution >= 0.6 is 11.3 Å². The second-order valence-corrected chi connectivity index (χ2v) is 12.3. The Morgan fingerprint density at radius 1 is 1.03 bits per heavy atom. The number of esters is 1. The Balaban J connectivity index is 1.25. The van der Waals surface area contributed by atoms with Gasteiger partial charge in [-0.05, 0) is 72.7 Å². The standard InChI is InChI=1S/C30H35NO2S/c1-19(32)33-22-13-15-29(2)21(17-22)9-10-23-24-11-12-26(30(24,3)16-14-25(23)29)28-31-27(18-34-28)20-7-5-4-6-8-20/h4-9,12,18,22-25H,10-11,13-17H2,1-3H3/t22-,23-,24-,25-,29-,30-/m0/s1. The molecule has 3 nitrogen and oxygen atoms in total. The topological polar surface area (TPSA) is 39.2 Å². The molecule has 0 bridgehead atoms. The van der Waals surface area contributed by atoms with Crippen LogP contribution in [0.2, 0.25) is 0 Å². The lowest BCUT2D eigenvalue weighted by Gasteiger charge is -2.57. The van der Waals surface area contributed by atoms with Gasteiger partial charge in [0.2, 0.25) is 0 Å². The molecule has 2 fully saturated rings. The second kappa shape index (κ2) is 8.19. The maximum absolute atomic E-state index is 11.5. The van der Waals surface area contributed by atoms with Crippen molar-refractivity contribution in [2.75, 3.05) is 0 Å². The van der Waals surface area contributed by atoms with Crippen molar-refractivity contribution >= 4 is 22.9 Å². The molecule has 1 aromatic heterocycles. The number of nitrogens with zero attached hydrogens (tertiary/aromatic N) is 1. The number of fused-ring (bicyclic) bond motifs is 5. The summed E-state index contributed by atoms with van der Waals surface area (Å²) < 4.78 is 5.61. The number of hydrogen-bond donors (Lipinski definition) is 0. The van der Waals surface area contributed by atoms with Gasteiger partial charge in [-0.25, -0.2) is 4.98 Å². The monoisotopic (exact) mass is 473 g/mol. The Labute approximate surface area is 207 Å². The first-order chi connectivity index (χ1) is 16.4. The minimum atomic E-state index is -0.140. The molecular formula is C30H35NO2S. The summed E-state index contributed by atoms with van der Waals surface area (Å²) in [5.41, 5.74) is 5.87. The molecule has 2 saturated carbocycles. The van der Waals surface area contributed by atoms with Crippen LogP contribution in [0.4, 0.5) is 0 Å². The number of hydrogen-bond acceptors (Lipinski definition) is 4. The van der Waals surface area contributed by atoms with Crippen LogP contribution in [0.5, 0.6) is 0 Å². The predicted octanol–water partition coefficient (Wildman–Crippen LogP) is 7.70. The quantitative estimate of drug-likeness (QED) is 0.339. The Morgan fingerprint density at radius 3 is 2.62 bits per heavy atom. The molecule has 1 aromatic carbocycles. The van der Waals surface area contributed by atoms with E-state index in [4.69, 9.17) is 9.72 Å². The minimum Gasteiger partial charge on any atom is -0.462 e. The molecular weight excluding hydrogens is 438 g/mol. The van der Waals surface area contributed by atoms with E-state index in [0.29, 0.717) is 5.92 Å². The molecule has 4 heteroatoms. The largest absolute Gasteiger partial charge is 0.462 e. The summed E-state index contributed by atoms with van der Waals surface area (Å²) in [6.45, 7) is 6.57. The van der Waals surface area contributed by atoms with Crippen LogP contribution in [-0.4, -0.2) is 17.1 Å². The van der Waals surface area contributed by atoms with E-state index in [9.17, 15) is 4.79 Å². The highest BCUT2D eigenvalue weighted by Crippen LogP contribution is 2.66. The van der Waals surface area contributed by atoms with Crippen LogP contribution in [0.1, 0.15) is 70.7 Å². The zero-order valence-electron chi connectivity index (χ0n) is 20.5. The average Bonchev–Trinajstić information content (AvgIpc) is 3.44. The van der Waals surface area contributed by atoms with Crippen LogP contribution in [0.15, 0.2) is 53.4 Å². The molecule has 178 valence electrons. The van der Waals surface area contributed by atoms with Gasteiger partial charge in [-0.2, -0.15) is 0 Å². The zero-order chi connectivity index (χ0) is 23.5. The molecule has 0 unspecified atom stereocenters. The highest BCUT2D eigenvalue weighted by Gasteiger charge is 2.57. The molecule has 6 atom stereocenters. The Bertz CT molecular complexity index is 1160. The lowest BCUT2D eigenvalue weighted by Crippen LogP contribution is -2.50. The predicted molar refractivity (Wildman–Crippen MR) is 138 cm³/mol. The van der Waals surface area contributed by atoms with Crippen LogP contribution < -0.4 is 0 Å². The molecule has 0 aliphatic heterocycles. The second-order valence-electron chi connectivity index (χ2n) is 11.4. The Morgan fingerprint density at radius 2 is 1.82 bits per heavy atom. The van der Waals surface area contributed by atoms with Gasteiger partial charge in [0.1, 0.15) is 11.1 Å². The molecule has 0 saturated heterocycles. The number of thiazole rings is 1. The summed E-state index contributed by atoms with van der Waals surface area (Å²) in [6, 6.07) is 10.6. The molecule has 0 N–H and O–H groups in total. The summed E-state index contributed by atoms with van der Waals surface area (Å²) in [5, 5.41) is 3.45. The molecule has 0 amide bonds. The van der Waals surface area contributed by atoms with Crippen molar-refractivity contribution in [3.63, 3.8) is 0 Å². The molecule has 34 heavy (non-hydrogen) atoms. The van der Waals surface area contributed by atoms with Crippen molar-refractivity contribution in [1.29, 1.82) is 0 Å². The van der Waals surface area contributed by atoms with Crippen molar-refractivity contribution < 1.29 is 9.53 Å². The summed E-state index contributed by atoms with van der Waals surface area (Å²) >= 11 is 1.81. The normalized spacial score (nSPS) is 36.6. The van der Waals surface area contributed by atoms with E-state index in [1.54, 1.807) is 5.57 Å². The molecule has 0 spiro atoms. The van der Waals surface area contributed by atoms with Crippen molar-refractivity contribution in [2.24, 2.45) is 28.6 Å². The highest BCUT2D eigenvalue weighted by atomic mass is 32.1. The van der Waals surface area contributed by atoms with Crippen molar-refractivity contribution in [3.05, 3.63) is 58.4 Å². The Hall–Kier alpha value is -2.20. The average molecular weight is 474 g/mol. The van der Waals surface area contributed by atoms with Gasteiger partial charge in [-0.1, -0.05) is 61.9 Å². The van der Waals surface area contributed by atoms with Crippen molar-refractivity contribution in [1.82, 2.24) is 4.98 Å². The fraction of sp³-hybridized carbons (Fsp3) is 0.533. The van der Waals surface area contributed by atoms with Gasteiger partial charge in [0.25, 0.3) is 0 Å². The fourth-order valence-electron chi connectivity index (χ4n) is 8.00. The maximum atomic E-state index is 11.5. The van der Waals surface area contributed by atoms with E-state index in [0.717, 1.165) is 36.8 Å². The third-order valence-electron chi connectivity index (χ3n) is 9.78. The number of carbonyl (C=O) groups is 1. The summed E-state index contributed by atoms with van der Waals surface area (Å²) in [7, 11) is 0. The van der Waals surface area contributed by atoms with E-state index in [1.807, 2.05) is 11.3 Å². The molecule has 6 rings (SSSR count). The fourth-order valence-corrected chi connectivity index (χ4v) is 9.01. The van der Waals surface area contributed by atoms with E-state index in [2.05, 4.69) is 61.7 Å². The number of rotatable bonds is 3. The smallest absolute Gasteiger partial charge is 0.302 e. The van der Waals surface area contributed by atoms with Crippen LogP contribution in [0, 0.1) is 28.6 Å².